The third kappa shape index (κ3) is 3.36. The maximum Gasteiger partial charge on any atom is 0.232 e. The fraction of sp³-hybridized carbons (Fsp3) is 0.412. The van der Waals surface area contributed by atoms with Crippen LogP contribution in [0.15, 0.2) is 29.6 Å². The van der Waals surface area contributed by atoms with Gasteiger partial charge in [-0.25, -0.2) is 4.98 Å². The molecule has 0 fully saturated rings. The van der Waals surface area contributed by atoms with Crippen LogP contribution in [-0.4, -0.2) is 53.4 Å². The van der Waals surface area contributed by atoms with Crippen molar-refractivity contribution in [2.75, 3.05) is 33.1 Å². The van der Waals surface area contributed by atoms with E-state index in [1.54, 1.807) is 19.0 Å². The van der Waals surface area contributed by atoms with Crippen molar-refractivity contribution in [2.24, 2.45) is 0 Å². The Morgan fingerprint density at radius 1 is 1.29 bits per heavy atom. The van der Waals surface area contributed by atoms with E-state index in [0.29, 0.717) is 19.0 Å². The number of hydrogen-bond donors (Lipinski definition) is 0. The monoisotopic (exact) mass is 347 g/mol. The summed E-state index contributed by atoms with van der Waals surface area (Å²) in [5, 5.41) is 0.845. The van der Waals surface area contributed by atoms with Crippen LogP contribution >= 0.6 is 11.8 Å². The van der Waals surface area contributed by atoms with E-state index in [0.717, 1.165) is 34.5 Å². The molecule has 1 aliphatic rings. The van der Waals surface area contributed by atoms with Crippen LogP contribution in [0.25, 0.3) is 11.3 Å². The first kappa shape index (κ1) is 16.7. The molecule has 1 aromatic heterocycles. The van der Waals surface area contributed by atoms with Crippen LogP contribution in [0.2, 0.25) is 0 Å². The molecule has 6 nitrogen and oxygen atoms in total. The van der Waals surface area contributed by atoms with Gasteiger partial charge in [-0.1, -0.05) is 11.8 Å². The molecule has 1 aromatic carbocycles. The maximum absolute atomic E-state index is 11.8. The van der Waals surface area contributed by atoms with E-state index in [9.17, 15) is 4.79 Å². The van der Waals surface area contributed by atoms with Gasteiger partial charge in [0, 0.05) is 26.2 Å². The van der Waals surface area contributed by atoms with Gasteiger partial charge >= 0.3 is 0 Å². The zero-order valence-corrected chi connectivity index (χ0v) is 14.9. The lowest BCUT2D eigenvalue weighted by molar-refractivity contribution is -0.125. The SMILES string of the molecule is CCn1c(-c2ccc3c(c2)OCCO3)cnc1SCC(=O)N(C)C. The molecule has 0 atom stereocenters. The zero-order valence-electron chi connectivity index (χ0n) is 14.1. The molecule has 0 saturated heterocycles. The lowest BCUT2D eigenvalue weighted by Crippen LogP contribution is -2.23. The first-order valence-corrected chi connectivity index (χ1v) is 8.87. The molecule has 0 radical (unpaired) electrons. The number of carbonyl (C=O) groups excluding carboxylic acids is 1. The van der Waals surface area contributed by atoms with Gasteiger partial charge in [0.25, 0.3) is 0 Å². The average Bonchev–Trinajstić information content (AvgIpc) is 3.01. The van der Waals surface area contributed by atoms with Gasteiger partial charge in [-0.3, -0.25) is 4.79 Å². The van der Waals surface area contributed by atoms with E-state index < -0.39 is 0 Å². The summed E-state index contributed by atoms with van der Waals surface area (Å²) in [6.07, 6.45) is 1.84. The Morgan fingerprint density at radius 2 is 2.04 bits per heavy atom. The van der Waals surface area contributed by atoms with Crippen LogP contribution in [0, 0.1) is 0 Å². The van der Waals surface area contributed by atoms with Crippen LogP contribution in [0.3, 0.4) is 0 Å². The van der Waals surface area contributed by atoms with Crippen molar-refractivity contribution in [1.82, 2.24) is 14.5 Å². The van der Waals surface area contributed by atoms with Gasteiger partial charge in [0.1, 0.15) is 13.2 Å². The highest BCUT2D eigenvalue weighted by molar-refractivity contribution is 7.99. The van der Waals surface area contributed by atoms with Gasteiger partial charge in [-0.2, -0.15) is 0 Å². The van der Waals surface area contributed by atoms with Crippen LogP contribution in [-0.2, 0) is 11.3 Å². The van der Waals surface area contributed by atoms with Crippen molar-refractivity contribution < 1.29 is 14.3 Å². The largest absolute Gasteiger partial charge is 0.486 e. The lowest BCUT2D eigenvalue weighted by atomic mass is 10.1. The number of aromatic nitrogens is 2. The fourth-order valence-corrected chi connectivity index (χ4v) is 3.49. The van der Waals surface area contributed by atoms with Crippen LogP contribution in [0.5, 0.6) is 11.5 Å². The smallest absolute Gasteiger partial charge is 0.232 e. The van der Waals surface area contributed by atoms with Crippen molar-refractivity contribution in [3.63, 3.8) is 0 Å². The molecular weight excluding hydrogens is 326 g/mol. The molecule has 0 unspecified atom stereocenters. The average molecular weight is 347 g/mol. The minimum atomic E-state index is 0.0755. The summed E-state index contributed by atoms with van der Waals surface area (Å²) in [4.78, 5) is 17.9. The van der Waals surface area contributed by atoms with E-state index in [1.165, 1.54) is 11.8 Å². The van der Waals surface area contributed by atoms with Crippen molar-refractivity contribution >= 4 is 17.7 Å². The number of hydrogen-bond acceptors (Lipinski definition) is 5. The summed E-state index contributed by atoms with van der Waals surface area (Å²) in [5.41, 5.74) is 2.04. The molecule has 0 aliphatic carbocycles. The number of imidazole rings is 1. The van der Waals surface area contributed by atoms with Crippen molar-refractivity contribution in [3.05, 3.63) is 24.4 Å². The van der Waals surface area contributed by atoms with E-state index in [4.69, 9.17) is 9.47 Å². The van der Waals surface area contributed by atoms with Gasteiger partial charge in [0.15, 0.2) is 16.7 Å². The predicted molar refractivity (Wildman–Crippen MR) is 93.7 cm³/mol. The van der Waals surface area contributed by atoms with Gasteiger partial charge in [-0.15, -0.1) is 0 Å². The minimum Gasteiger partial charge on any atom is -0.486 e. The zero-order chi connectivity index (χ0) is 17.1. The molecule has 128 valence electrons. The summed E-state index contributed by atoms with van der Waals surface area (Å²) < 4.78 is 13.3. The number of amides is 1. The second-order valence-electron chi connectivity index (χ2n) is 5.61. The molecule has 3 rings (SSSR count). The minimum absolute atomic E-state index is 0.0755. The summed E-state index contributed by atoms with van der Waals surface area (Å²) in [7, 11) is 3.52. The summed E-state index contributed by atoms with van der Waals surface area (Å²) in [5.74, 6) is 2.00. The van der Waals surface area contributed by atoms with Gasteiger partial charge in [0.2, 0.25) is 5.91 Å². The second kappa shape index (κ2) is 7.17. The number of rotatable bonds is 5. The molecule has 0 saturated carbocycles. The third-order valence-electron chi connectivity index (χ3n) is 3.80. The molecule has 1 amide bonds. The van der Waals surface area contributed by atoms with Crippen LogP contribution in [0.4, 0.5) is 0 Å². The van der Waals surface area contributed by atoms with Crippen molar-refractivity contribution in [3.8, 4) is 22.8 Å². The van der Waals surface area contributed by atoms with Gasteiger partial charge in [0.05, 0.1) is 17.6 Å². The Kier molecular flexibility index (Phi) is 4.99. The highest BCUT2D eigenvalue weighted by atomic mass is 32.2. The second-order valence-corrected chi connectivity index (χ2v) is 6.55. The highest BCUT2D eigenvalue weighted by Crippen LogP contribution is 2.35. The number of ether oxygens (including phenoxy) is 2. The third-order valence-corrected chi connectivity index (χ3v) is 4.77. The molecule has 0 bridgehead atoms. The van der Waals surface area contributed by atoms with E-state index in [-0.39, 0.29) is 5.91 Å². The fourth-order valence-electron chi connectivity index (χ4n) is 2.47. The molecule has 2 aromatic rings. The Hall–Kier alpha value is -2.15. The molecular formula is C17H21N3O3S. The molecule has 0 N–H and O–H groups in total. The van der Waals surface area contributed by atoms with Crippen LogP contribution in [0.1, 0.15) is 6.92 Å². The number of carbonyl (C=O) groups is 1. The highest BCUT2D eigenvalue weighted by Gasteiger charge is 2.17. The Bertz CT molecular complexity index is 743. The van der Waals surface area contributed by atoms with Gasteiger partial charge < -0.3 is 18.9 Å². The Balaban J connectivity index is 1.85. The summed E-state index contributed by atoms with van der Waals surface area (Å²) >= 11 is 1.46. The molecule has 24 heavy (non-hydrogen) atoms. The summed E-state index contributed by atoms with van der Waals surface area (Å²) in [6, 6.07) is 5.92. The molecule has 0 spiro atoms. The van der Waals surface area contributed by atoms with Crippen molar-refractivity contribution in [1.29, 1.82) is 0 Å². The quantitative estimate of drug-likeness (QED) is 0.778. The normalized spacial score (nSPS) is 13.0. The Labute approximate surface area is 145 Å². The molecule has 7 heteroatoms. The van der Waals surface area contributed by atoms with E-state index >= 15 is 0 Å². The standard InChI is InChI=1S/C17H21N3O3S/c1-4-20-13(10-18-17(20)24-11-16(21)19(2)3)12-5-6-14-15(9-12)23-8-7-22-14/h5-6,9-10H,4,7-8,11H2,1-3H3. The molecule has 2 heterocycles. The predicted octanol–water partition coefficient (Wildman–Crippen LogP) is 2.52. The topological polar surface area (TPSA) is 56.6 Å². The Morgan fingerprint density at radius 3 is 2.75 bits per heavy atom. The molecule has 1 aliphatic heterocycles. The van der Waals surface area contributed by atoms with Crippen LogP contribution < -0.4 is 9.47 Å². The summed E-state index contributed by atoms with van der Waals surface area (Å²) in [6.45, 7) is 4.00. The first-order valence-electron chi connectivity index (χ1n) is 7.88. The maximum atomic E-state index is 11.8. The van der Waals surface area contributed by atoms with E-state index in [2.05, 4.69) is 16.5 Å². The number of nitrogens with zero attached hydrogens (tertiary/aromatic N) is 3. The first-order chi connectivity index (χ1) is 11.6. The number of fused-ring (bicyclic) bond motifs is 1. The van der Waals surface area contributed by atoms with E-state index in [1.807, 2.05) is 24.4 Å². The lowest BCUT2D eigenvalue weighted by Gasteiger charge is -2.19. The number of benzene rings is 1. The number of thioether (sulfide) groups is 1. The van der Waals surface area contributed by atoms with Crippen molar-refractivity contribution in [2.45, 2.75) is 18.6 Å². The van der Waals surface area contributed by atoms with Gasteiger partial charge in [-0.05, 0) is 25.1 Å².